The topological polar surface area (TPSA) is 25.8 Å². The maximum absolute atomic E-state index is 10.7. The quantitative estimate of drug-likeness (QED) is 0.193. The summed E-state index contributed by atoms with van der Waals surface area (Å²) in [6.07, 6.45) is 0. The normalized spacial score (nSPS) is 12.7. The third-order valence-corrected chi connectivity index (χ3v) is 3.21. The van der Waals surface area contributed by atoms with Crippen LogP contribution in [0.15, 0.2) is 78.9 Å². The van der Waals surface area contributed by atoms with Gasteiger partial charge in [-0.1, -0.05) is 0 Å². The standard InChI is InChI=1S/C14H16NO.C5H5.F6P.Fe/c1-16-14-8-6-13(7-9-14)11-15-10-12-4-2-3-5-12;1-2-4-5-3-1;1-7(2,3,4,5)6;/h2-9,15H,10-11H2,1H3;1-5H;;/q3*-1;+2/p+1. The van der Waals surface area contributed by atoms with Gasteiger partial charge in [-0.2, -0.15) is 30.3 Å². The zero-order valence-corrected chi connectivity index (χ0v) is 17.5. The van der Waals surface area contributed by atoms with E-state index in [0.717, 1.165) is 18.8 Å². The Morgan fingerprint density at radius 2 is 1.38 bits per heavy atom. The molecule has 0 heterocycles. The molecule has 0 amide bonds. The minimum atomic E-state index is -10.7. The van der Waals surface area contributed by atoms with Gasteiger partial charge in [-0.15, -0.1) is 5.56 Å². The number of ether oxygens (including phenoxy) is 1. The van der Waals surface area contributed by atoms with Crippen molar-refractivity contribution in [2.75, 3.05) is 7.11 Å². The van der Waals surface area contributed by atoms with E-state index >= 15 is 0 Å². The third-order valence-electron chi connectivity index (χ3n) is 3.21. The van der Waals surface area contributed by atoms with Crippen LogP contribution >= 0.6 is 7.81 Å². The molecule has 10 heteroatoms. The first-order valence-corrected chi connectivity index (χ1v) is 10.2. The van der Waals surface area contributed by atoms with Crippen LogP contribution in [-0.2, 0) is 30.2 Å². The molecule has 0 bridgehead atoms. The van der Waals surface area contributed by atoms with Crippen molar-refractivity contribution in [3.05, 3.63) is 90.0 Å². The zero-order chi connectivity index (χ0) is 21.2. The van der Waals surface area contributed by atoms with Crippen molar-refractivity contribution in [1.29, 1.82) is 0 Å². The van der Waals surface area contributed by atoms with Gasteiger partial charge in [0, 0.05) is 5.56 Å². The molecular formula is C19H22F6FeNOP. The van der Waals surface area contributed by atoms with Gasteiger partial charge in [0.15, 0.2) is 0 Å². The second-order valence-electron chi connectivity index (χ2n) is 5.76. The molecule has 0 aliphatic rings. The molecule has 0 spiro atoms. The maximum atomic E-state index is 9.87. The van der Waals surface area contributed by atoms with Crippen molar-refractivity contribution in [2.24, 2.45) is 0 Å². The van der Waals surface area contributed by atoms with Crippen molar-refractivity contribution in [2.45, 2.75) is 13.1 Å². The molecule has 164 valence electrons. The number of benzene rings is 1. The van der Waals surface area contributed by atoms with E-state index < -0.39 is 7.81 Å². The molecule has 29 heavy (non-hydrogen) atoms. The Kier molecular flexibility index (Phi) is 10.2. The predicted molar refractivity (Wildman–Crippen MR) is 100.0 cm³/mol. The van der Waals surface area contributed by atoms with E-state index in [0.29, 0.717) is 0 Å². The summed E-state index contributed by atoms with van der Waals surface area (Å²) in [6, 6.07) is 26.7. The second-order valence-corrected chi connectivity index (χ2v) is 7.68. The van der Waals surface area contributed by atoms with Crippen LogP contribution in [-0.4, -0.2) is 7.11 Å². The Bertz CT molecular complexity index is 744. The zero-order valence-electron chi connectivity index (χ0n) is 15.5. The van der Waals surface area contributed by atoms with Gasteiger partial charge in [-0.3, -0.25) is 0 Å². The van der Waals surface area contributed by atoms with Crippen molar-refractivity contribution in [3.63, 3.8) is 0 Å². The average molecular weight is 481 g/mol. The van der Waals surface area contributed by atoms with Gasteiger partial charge in [0.25, 0.3) is 0 Å². The van der Waals surface area contributed by atoms with E-state index in [1.807, 2.05) is 42.5 Å². The fourth-order valence-electron chi connectivity index (χ4n) is 2.04. The molecule has 0 saturated heterocycles. The minimum Gasteiger partial charge on any atom is -0.214 e. The molecule has 3 aromatic carbocycles. The monoisotopic (exact) mass is 481 g/mol. The van der Waals surface area contributed by atoms with Gasteiger partial charge in [0.1, 0.15) is 12.3 Å². The minimum absolute atomic E-state index is 0. The van der Waals surface area contributed by atoms with E-state index in [1.54, 1.807) is 7.11 Å². The Hall–Kier alpha value is -1.79. The number of methoxy groups -OCH3 is 1. The molecule has 2 nitrogen and oxygen atoms in total. The van der Waals surface area contributed by atoms with Crippen molar-refractivity contribution in [3.8, 4) is 5.75 Å². The largest absolute Gasteiger partial charge is 2.00 e. The van der Waals surface area contributed by atoms with Crippen LogP contribution in [0.2, 0.25) is 0 Å². The van der Waals surface area contributed by atoms with Gasteiger partial charge < -0.3 is 10.1 Å². The maximum Gasteiger partial charge on any atom is 2.00 e. The fourth-order valence-corrected chi connectivity index (χ4v) is 2.04. The average Bonchev–Trinajstić information content (AvgIpc) is 3.29. The van der Waals surface area contributed by atoms with Gasteiger partial charge in [-0.25, -0.2) is 24.3 Å². The smallest absolute Gasteiger partial charge is 0.214 e. The van der Waals surface area contributed by atoms with Crippen LogP contribution in [0.25, 0.3) is 0 Å². The molecule has 0 fully saturated rings. The molecule has 0 unspecified atom stereocenters. The summed E-state index contributed by atoms with van der Waals surface area (Å²) < 4.78 is 64.3. The number of halogens is 6. The van der Waals surface area contributed by atoms with Crippen LogP contribution in [0.1, 0.15) is 11.1 Å². The first-order chi connectivity index (χ1) is 12.8. The summed E-state index contributed by atoms with van der Waals surface area (Å²) in [5, 5.41) is 2.30. The predicted octanol–water partition coefficient (Wildman–Crippen LogP) is 6.46. The van der Waals surface area contributed by atoms with E-state index in [-0.39, 0.29) is 17.1 Å². The Morgan fingerprint density at radius 3 is 1.76 bits per heavy atom. The molecule has 0 radical (unpaired) electrons. The van der Waals surface area contributed by atoms with Gasteiger partial charge in [-0.05, 0) is 24.3 Å². The molecule has 3 aromatic rings. The molecule has 3 rings (SSSR count). The summed E-state index contributed by atoms with van der Waals surface area (Å²) in [6.45, 7) is 2.05. The SMILES string of the molecule is COc1ccc(C[NH2+]Cc2ccc[cH-]2)cc1.F[P-](F)(F)(F)(F)F.[Fe+2].c1cc[cH-]c1. The Labute approximate surface area is 176 Å². The van der Waals surface area contributed by atoms with Crippen LogP contribution in [0.4, 0.5) is 25.2 Å². The molecule has 0 saturated carbocycles. The Balaban J connectivity index is 0.000000501. The molecular weight excluding hydrogens is 459 g/mol. The second kappa shape index (κ2) is 10.8. The first kappa shape index (κ1) is 27.2. The van der Waals surface area contributed by atoms with E-state index in [9.17, 15) is 25.2 Å². The van der Waals surface area contributed by atoms with Crippen LogP contribution in [0.3, 0.4) is 0 Å². The summed E-state index contributed by atoms with van der Waals surface area (Å²) in [5.41, 5.74) is 2.71. The summed E-state index contributed by atoms with van der Waals surface area (Å²) in [7, 11) is -8.97. The molecule has 0 aliphatic carbocycles. The van der Waals surface area contributed by atoms with Gasteiger partial charge >= 0.3 is 50.1 Å². The summed E-state index contributed by atoms with van der Waals surface area (Å²) in [5.74, 6) is 0.916. The number of hydrogen-bond acceptors (Lipinski definition) is 1. The first-order valence-electron chi connectivity index (χ1n) is 8.22. The van der Waals surface area contributed by atoms with Gasteiger partial charge in [0.05, 0.1) is 13.7 Å². The van der Waals surface area contributed by atoms with Crippen LogP contribution < -0.4 is 10.1 Å². The molecule has 0 atom stereocenters. The number of nitrogens with two attached hydrogens (primary N) is 1. The van der Waals surface area contributed by atoms with Crippen LogP contribution in [0, 0.1) is 0 Å². The van der Waals surface area contributed by atoms with Crippen molar-refractivity contribution >= 4 is 7.81 Å². The van der Waals surface area contributed by atoms with Crippen molar-refractivity contribution in [1.82, 2.24) is 0 Å². The van der Waals surface area contributed by atoms with E-state index in [1.165, 1.54) is 11.1 Å². The Morgan fingerprint density at radius 1 is 0.828 bits per heavy atom. The fraction of sp³-hybridized carbons (Fsp3) is 0.158. The summed E-state index contributed by atoms with van der Waals surface area (Å²) >= 11 is 0. The summed E-state index contributed by atoms with van der Waals surface area (Å²) in [4.78, 5) is 0. The van der Waals surface area contributed by atoms with Gasteiger partial charge in [0.2, 0.25) is 0 Å². The third kappa shape index (κ3) is 19.3. The van der Waals surface area contributed by atoms with Crippen LogP contribution in [0.5, 0.6) is 5.75 Å². The number of hydrogen-bond donors (Lipinski definition) is 1. The van der Waals surface area contributed by atoms with E-state index in [4.69, 9.17) is 4.74 Å². The molecule has 2 N–H and O–H groups in total. The number of quaternary nitrogens is 1. The molecule has 0 aromatic heterocycles. The van der Waals surface area contributed by atoms with Crippen molar-refractivity contribution < 1.29 is 52.3 Å². The molecule has 0 aliphatic heterocycles. The van der Waals surface area contributed by atoms with E-state index in [2.05, 4.69) is 41.7 Å². The number of rotatable bonds is 5.